The molecule has 1 aliphatic rings. The maximum atomic E-state index is 13.1. The van der Waals surface area contributed by atoms with Crippen LogP contribution in [-0.2, 0) is 21.2 Å². The van der Waals surface area contributed by atoms with Gasteiger partial charge in [0.05, 0.1) is 10.9 Å². The lowest BCUT2D eigenvalue weighted by Crippen LogP contribution is -2.50. The van der Waals surface area contributed by atoms with Gasteiger partial charge in [-0.1, -0.05) is 76.1 Å². The van der Waals surface area contributed by atoms with E-state index >= 15 is 0 Å². The van der Waals surface area contributed by atoms with Crippen molar-refractivity contribution in [1.82, 2.24) is 10.0 Å². The molecular formula is C25H36N2O3S. The van der Waals surface area contributed by atoms with Crippen LogP contribution in [0.25, 0.3) is 0 Å². The number of rotatable bonds is 6. The molecule has 0 fully saturated rings. The number of sulfonamides is 1. The van der Waals surface area contributed by atoms with Crippen LogP contribution < -0.4 is 10.0 Å². The van der Waals surface area contributed by atoms with Crippen LogP contribution in [0.1, 0.15) is 69.7 Å². The number of hydrogen-bond donors (Lipinski definition) is 2. The third-order valence-electron chi connectivity index (χ3n) is 5.50. The van der Waals surface area contributed by atoms with E-state index in [2.05, 4.69) is 22.2 Å². The SMILES string of the molecule is CC.Cc1ccc(S(=O)(=O)NC(C(=O)NC2CCCCc3ccccc32)C(C)C)cc1. The van der Waals surface area contributed by atoms with Crippen molar-refractivity contribution in [2.24, 2.45) is 5.92 Å². The van der Waals surface area contributed by atoms with Gasteiger partial charge in [0, 0.05) is 0 Å². The van der Waals surface area contributed by atoms with Crippen LogP contribution in [0, 0.1) is 12.8 Å². The largest absolute Gasteiger partial charge is 0.348 e. The Morgan fingerprint density at radius 3 is 2.29 bits per heavy atom. The summed E-state index contributed by atoms with van der Waals surface area (Å²) in [5.74, 6) is -0.464. The first kappa shape index (κ1) is 25.1. The molecule has 0 spiro atoms. The fourth-order valence-electron chi connectivity index (χ4n) is 3.78. The first-order chi connectivity index (χ1) is 14.8. The summed E-state index contributed by atoms with van der Waals surface area (Å²) in [5, 5.41) is 3.11. The van der Waals surface area contributed by atoms with Crippen molar-refractivity contribution in [2.45, 2.75) is 77.3 Å². The molecule has 0 bridgehead atoms. The highest BCUT2D eigenvalue weighted by molar-refractivity contribution is 7.89. The maximum absolute atomic E-state index is 13.1. The molecular weight excluding hydrogens is 408 g/mol. The van der Waals surface area contributed by atoms with Gasteiger partial charge in [-0.05, 0) is 55.4 Å². The molecule has 0 radical (unpaired) electrons. The van der Waals surface area contributed by atoms with Gasteiger partial charge >= 0.3 is 0 Å². The molecule has 1 aliphatic carbocycles. The lowest BCUT2D eigenvalue weighted by Gasteiger charge is -2.26. The van der Waals surface area contributed by atoms with Crippen LogP contribution in [0.3, 0.4) is 0 Å². The zero-order chi connectivity index (χ0) is 23.0. The minimum atomic E-state index is -3.79. The third kappa shape index (κ3) is 6.65. The first-order valence-electron chi connectivity index (χ1n) is 11.2. The van der Waals surface area contributed by atoms with Gasteiger partial charge in [-0.2, -0.15) is 4.72 Å². The summed E-state index contributed by atoms with van der Waals surface area (Å²) in [6, 6.07) is 13.9. The zero-order valence-corrected chi connectivity index (χ0v) is 20.1. The van der Waals surface area contributed by atoms with Crippen LogP contribution in [0.15, 0.2) is 53.4 Å². The molecule has 5 nitrogen and oxygen atoms in total. The van der Waals surface area contributed by atoms with E-state index in [1.54, 1.807) is 24.3 Å². The molecule has 2 aromatic carbocycles. The Morgan fingerprint density at radius 1 is 1.00 bits per heavy atom. The van der Waals surface area contributed by atoms with Crippen molar-refractivity contribution in [3.63, 3.8) is 0 Å². The number of nitrogens with one attached hydrogen (secondary N) is 2. The van der Waals surface area contributed by atoms with Crippen LogP contribution in [-0.4, -0.2) is 20.4 Å². The highest BCUT2D eigenvalue weighted by atomic mass is 32.2. The maximum Gasteiger partial charge on any atom is 0.241 e. The molecule has 2 N–H and O–H groups in total. The van der Waals surface area contributed by atoms with Gasteiger partial charge in [0.2, 0.25) is 15.9 Å². The third-order valence-corrected chi connectivity index (χ3v) is 6.96. The van der Waals surface area contributed by atoms with E-state index < -0.39 is 16.1 Å². The average molecular weight is 445 g/mol. The Balaban J connectivity index is 0.00000166. The number of amides is 1. The molecule has 31 heavy (non-hydrogen) atoms. The number of hydrogen-bond acceptors (Lipinski definition) is 3. The predicted molar refractivity (Wildman–Crippen MR) is 126 cm³/mol. The Kier molecular flexibility index (Phi) is 9.26. The highest BCUT2D eigenvalue weighted by Gasteiger charge is 2.30. The summed E-state index contributed by atoms with van der Waals surface area (Å²) in [5.41, 5.74) is 3.38. The number of fused-ring (bicyclic) bond motifs is 1. The normalized spacial score (nSPS) is 17.0. The van der Waals surface area contributed by atoms with E-state index in [0.29, 0.717) is 0 Å². The number of aryl methyl sites for hydroxylation is 2. The van der Waals surface area contributed by atoms with Crippen LogP contribution in [0.4, 0.5) is 0 Å². The first-order valence-corrected chi connectivity index (χ1v) is 12.7. The monoisotopic (exact) mass is 444 g/mol. The molecule has 3 rings (SSSR count). The van der Waals surface area contributed by atoms with E-state index in [4.69, 9.17) is 0 Å². The van der Waals surface area contributed by atoms with Crippen LogP contribution in [0.5, 0.6) is 0 Å². The summed E-state index contributed by atoms with van der Waals surface area (Å²) in [6.45, 7) is 9.60. The fraction of sp³-hybridized carbons (Fsp3) is 0.480. The molecule has 0 saturated heterocycles. The van der Waals surface area contributed by atoms with E-state index in [1.807, 2.05) is 46.8 Å². The number of benzene rings is 2. The summed E-state index contributed by atoms with van der Waals surface area (Å²) in [6.07, 6.45) is 3.99. The Labute approximate surface area is 187 Å². The summed E-state index contributed by atoms with van der Waals surface area (Å²) in [7, 11) is -3.79. The second-order valence-electron chi connectivity index (χ2n) is 8.16. The van der Waals surface area contributed by atoms with Gasteiger partial charge in [0.1, 0.15) is 6.04 Å². The Morgan fingerprint density at radius 2 is 1.65 bits per heavy atom. The predicted octanol–water partition coefficient (Wildman–Crippen LogP) is 4.91. The van der Waals surface area contributed by atoms with Gasteiger partial charge < -0.3 is 5.32 Å². The second kappa shape index (κ2) is 11.4. The van der Waals surface area contributed by atoms with Crippen molar-refractivity contribution in [3.05, 3.63) is 65.2 Å². The lowest BCUT2D eigenvalue weighted by atomic mass is 9.98. The topological polar surface area (TPSA) is 75.3 Å². The highest BCUT2D eigenvalue weighted by Crippen LogP contribution is 2.28. The summed E-state index contributed by atoms with van der Waals surface area (Å²) >= 11 is 0. The van der Waals surface area contributed by atoms with E-state index in [9.17, 15) is 13.2 Å². The van der Waals surface area contributed by atoms with E-state index in [-0.39, 0.29) is 22.8 Å². The van der Waals surface area contributed by atoms with Crippen LogP contribution >= 0.6 is 0 Å². The summed E-state index contributed by atoms with van der Waals surface area (Å²) in [4.78, 5) is 13.3. The van der Waals surface area contributed by atoms with Crippen molar-refractivity contribution in [1.29, 1.82) is 0 Å². The molecule has 2 unspecified atom stereocenters. The second-order valence-corrected chi connectivity index (χ2v) is 9.88. The molecule has 0 aromatic heterocycles. The van der Waals surface area contributed by atoms with Crippen molar-refractivity contribution >= 4 is 15.9 Å². The smallest absolute Gasteiger partial charge is 0.241 e. The lowest BCUT2D eigenvalue weighted by molar-refractivity contribution is -0.124. The quantitative estimate of drug-likeness (QED) is 0.622. The van der Waals surface area contributed by atoms with Gasteiger partial charge in [-0.15, -0.1) is 0 Å². The van der Waals surface area contributed by atoms with Gasteiger partial charge in [0.15, 0.2) is 0 Å². The standard InChI is InChI=1S/C23H30N2O3S.C2H6/c1-16(2)22(25-29(27,28)19-14-12-17(3)13-15-19)23(26)24-21-11-7-5-9-18-8-4-6-10-20(18)21;1-2/h4,6,8,10,12-16,21-22,25H,5,7,9,11H2,1-3H3,(H,24,26);1-2H3. The van der Waals surface area contributed by atoms with Gasteiger partial charge in [-0.3, -0.25) is 4.79 Å². The fourth-order valence-corrected chi connectivity index (χ4v) is 5.12. The van der Waals surface area contributed by atoms with Gasteiger partial charge in [0.25, 0.3) is 0 Å². The van der Waals surface area contributed by atoms with Crippen molar-refractivity contribution in [3.8, 4) is 0 Å². The number of carbonyl (C=O) groups is 1. The van der Waals surface area contributed by atoms with E-state index in [0.717, 1.165) is 36.8 Å². The minimum absolute atomic E-state index is 0.0914. The molecule has 6 heteroatoms. The Hall–Kier alpha value is -2.18. The average Bonchev–Trinajstić information content (AvgIpc) is 2.96. The summed E-state index contributed by atoms with van der Waals surface area (Å²) < 4.78 is 28.3. The molecule has 170 valence electrons. The molecule has 2 aromatic rings. The minimum Gasteiger partial charge on any atom is -0.348 e. The number of carbonyl (C=O) groups excluding carboxylic acids is 1. The van der Waals surface area contributed by atoms with Gasteiger partial charge in [-0.25, -0.2) is 8.42 Å². The van der Waals surface area contributed by atoms with Crippen LogP contribution in [0.2, 0.25) is 0 Å². The van der Waals surface area contributed by atoms with Crippen molar-refractivity contribution in [2.75, 3.05) is 0 Å². The Bertz CT molecular complexity index is 953. The zero-order valence-electron chi connectivity index (χ0n) is 19.3. The molecule has 0 heterocycles. The van der Waals surface area contributed by atoms with Crippen molar-refractivity contribution < 1.29 is 13.2 Å². The molecule has 1 amide bonds. The van der Waals surface area contributed by atoms with E-state index in [1.165, 1.54) is 5.56 Å². The molecule has 0 saturated carbocycles. The molecule has 0 aliphatic heterocycles. The molecule has 2 atom stereocenters.